The highest BCUT2D eigenvalue weighted by Gasteiger charge is 2.24. The second-order valence-electron chi connectivity index (χ2n) is 8.73. The van der Waals surface area contributed by atoms with Crippen LogP contribution in [0.1, 0.15) is 32.1 Å². The normalized spacial score (nSPS) is 19.0. The van der Waals surface area contributed by atoms with Crippen molar-refractivity contribution in [2.75, 3.05) is 22.7 Å². The highest BCUT2D eigenvalue weighted by molar-refractivity contribution is 7.92. The van der Waals surface area contributed by atoms with Crippen molar-refractivity contribution in [2.45, 2.75) is 51.1 Å². The Balaban J connectivity index is 1.63. The Hall–Kier alpha value is -2.48. The smallest absolute Gasteiger partial charge is 0.263 e. The molecule has 1 aliphatic rings. The van der Waals surface area contributed by atoms with Crippen LogP contribution in [-0.2, 0) is 16.4 Å². The summed E-state index contributed by atoms with van der Waals surface area (Å²) in [6.45, 7) is 9.90. The number of rotatable bonds is 6. The number of hydrogen-bond acceptors (Lipinski definition) is 5. The van der Waals surface area contributed by atoms with Crippen molar-refractivity contribution in [3.05, 3.63) is 64.9 Å². The van der Waals surface area contributed by atoms with Crippen molar-refractivity contribution in [1.82, 2.24) is 5.32 Å². The third-order valence-electron chi connectivity index (χ3n) is 5.89. The van der Waals surface area contributed by atoms with E-state index in [1.54, 1.807) is 12.1 Å². The first-order chi connectivity index (χ1) is 15.7. The SMILES string of the molecule is CCc1ccc(N2C[C@@H](C)N[C@@H](C)C2)cc1NS(=O)(=O)c1ccc(-c2ccc(C)o2)cc1Cl. The average molecular weight is 488 g/mol. The van der Waals surface area contributed by atoms with Gasteiger partial charge in [-0.05, 0) is 75.2 Å². The fourth-order valence-electron chi connectivity index (χ4n) is 4.36. The van der Waals surface area contributed by atoms with Crippen LogP contribution in [0.5, 0.6) is 0 Å². The Bertz CT molecular complexity index is 1250. The Kier molecular flexibility index (Phi) is 6.75. The zero-order chi connectivity index (χ0) is 23.8. The molecule has 0 bridgehead atoms. The molecular weight excluding hydrogens is 458 g/mol. The molecule has 1 aliphatic heterocycles. The van der Waals surface area contributed by atoms with Crippen molar-refractivity contribution in [1.29, 1.82) is 0 Å². The van der Waals surface area contributed by atoms with Gasteiger partial charge in [-0.15, -0.1) is 0 Å². The maximum absolute atomic E-state index is 13.3. The lowest BCUT2D eigenvalue weighted by Gasteiger charge is -2.38. The van der Waals surface area contributed by atoms with Crippen LogP contribution in [0, 0.1) is 6.92 Å². The molecule has 0 saturated carbocycles. The molecule has 2 atom stereocenters. The number of furan rings is 1. The minimum absolute atomic E-state index is 0.0352. The molecule has 2 aromatic carbocycles. The predicted molar refractivity (Wildman–Crippen MR) is 135 cm³/mol. The average Bonchev–Trinajstić information content (AvgIpc) is 3.19. The van der Waals surface area contributed by atoms with Gasteiger partial charge in [-0.1, -0.05) is 24.6 Å². The van der Waals surface area contributed by atoms with E-state index < -0.39 is 10.0 Å². The Labute approximate surface area is 201 Å². The van der Waals surface area contributed by atoms with Crippen molar-refractivity contribution < 1.29 is 12.8 Å². The molecule has 1 aromatic heterocycles. The number of halogens is 1. The third-order valence-corrected chi connectivity index (χ3v) is 7.74. The molecular formula is C25H30ClN3O3S. The molecule has 6 nitrogen and oxygen atoms in total. The van der Waals surface area contributed by atoms with E-state index in [1.807, 2.05) is 38.1 Å². The van der Waals surface area contributed by atoms with Crippen LogP contribution in [0.25, 0.3) is 11.3 Å². The lowest BCUT2D eigenvalue weighted by Crippen LogP contribution is -2.54. The number of nitrogens with zero attached hydrogens (tertiary/aromatic N) is 1. The minimum Gasteiger partial charge on any atom is -0.461 e. The predicted octanol–water partition coefficient (Wildman–Crippen LogP) is 5.46. The summed E-state index contributed by atoms with van der Waals surface area (Å²) in [4.78, 5) is 2.32. The summed E-state index contributed by atoms with van der Waals surface area (Å²) in [5, 5.41) is 3.67. The van der Waals surface area contributed by atoms with Gasteiger partial charge in [-0.25, -0.2) is 8.42 Å². The van der Waals surface area contributed by atoms with E-state index in [-0.39, 0.29) is 9.92 Å². The molecule has 4 rings (SSSR count). The lowest BCUT2D eigenvalue weighted by atomic mass is 10.1. The maximum Gasteiger partial charge on any atom is 0.263 e. The summed E-state index contributed by atoms with van der Waals surface area (Å²) in [7, 11) is -3.88. The van der Waals surface area contributed by atoms with Gasteiger partial charge >= 0.3 is 0 Å². The minimum atomic E-state index is -3.88. The van der Waals surface area contributed by atoms with E-state index in [1.165, 1.54) is 6.07 Å². The zero-order valence-corrected chi connectivity index (χ0v) is 20.9. The zero-order valence-electron chi connectivity index (χ0n) is 19.4. The first-order valence-corrected chi connectivity index (χ1v) is 13.1. The summed E-state index contributed by atoms with van der Waals surface area (Å²) in [6, 6.07) is 15.2. The fraction of sp³-hybridized carbons (Fsp3) is 0.360. The fourth-order valence-corrected chi connectivity index (χ4v) is 6.00. The number of hydrogen-bond donors (Lipinski definition) is 2. The maximum atomic E-state index is 13.3. The van der Waals surface area contributed by atoms with Gasteiger partial charge in [-0.3, -0.25) is 4.72 Å². The molecule has 0 spiro atoms. The molecule has 2 N–H and O–H groups in total. The van der Waals surface area contributed by atoms with Gasteiger partial charge in [0.05, 0.1) is 10.7 Å². The molecule has 0 aliphatic carbocycles. The van der Waals surface area contributed by atoms with Gasteiger partial charge in [0.15, 0.2) is 0 Å². The Morgan fingerprint density at radius 1 is 1.09 bits per heavy atom. The summed E-state index contributed by atoms with van der Waals surface area (Å²) in [5.41, 5.74) is 3.23. The van der Waals surface area contributed by atoms with Crippen molar-refractivity contribution in [3.8, 4) is 11.3 Å². The van der Waals surface area contributed by atoms with E-state index >= 15 is 0 Å². The molecule has 1 fully saturated rings. The largest absolute Gasteiger partial charge is 0.461 e. The number of anilines is 2. The van der Waals surface area contributed by atoms with Gasteiger partial charge in [0, 0.05) is 36.4 Å². The van der Waals surface area contributed by atoms with Gasteiger partial charge in [0.2, 0.25) is 0 Å². The highest BCUT2D eigenvalue weighted by Crippen LogP contribution is 2.32. The Morgan fingerprint density at radius 3 is 2.42 bits per heavy atom. The van der Waals surface area contributed by atoms with Crippen LogP contribution in [-0.4, -0.2) is 33.6 Å². The molecule has 33 heavy (non-hydrogen) atoms. The van der Waals surface area contributed by atoms with Crippen LogP contribution in [0.15, 0.2) is 57.8 Å². The van der Waals surface area contributed by atoms with E-state index in [4.69, 9.17) is 16.0 Å². The summed E-state index contributed by atoms with van der Waals surface area (Å²) >= 11 is 6.42. The van der Waals surface area contributed by atoms with Crippen molar-refractivity contribution >= 4 is 33.0 Å². The third kappa shape index (κ3) is 5.21. The number of benzene rings is 2. The second kappa shape index (κ2) is 9.41. The van der Waals surface area contributed by atoms with Gasteiger partial charge in [0.1, 0.15) is 16.4 Å². The van der Waals surface area contributed by atoms with Crippen LogP contribution < -0.4 is 14.9 Å². The second-order valence-corrected chi connectivity index (χ2v) is 10.8. The van der Waals surface area contributed by atoms with Gasteiger partial charge < -0.3 is 14.6 Å². The van der Waals surface area contributed by atoms with Crippen molar-refractivity contribution in [2.24, 2.45) is 0 Å². The molecule has 0 amide bonds. The van der Waals surface area contributed by atoms with Crippen LogP contribution in [0.3, 0.4) is 0 Å². The molecule has 2 heterocycles. The van der Waals surface area contributed by atoms with Crippen molar-refractivity contribution in [3.63, 3.8) is 0 Å². The summed E-state index contributed by atoms with van der Waals surface area (Å²) in [5.74, 6) is 1.42. The molecule has 8 heteroatoms. The molecule has 0 radical (unpaired) electrons. The highest BCUT2D eigenvalue weighted by atomic mass is 35.5. The lowest BCUT2D eigenvalue weighted by molar-refractivity contribution is 0.407. The summed E-state index contributed by atoms with van der Waals surface area (Å²) in [6.07, 6.45) is 0.705. The number of aryl methyl sites for hydroxylation is 2. The molecule has 1 saturated heterocycles. The summed E-state index contributed by atoms with van der Waals surface area (Å²) < 4.78 is 35.0. The van der Waals surface area contributed by atoms with Gasteiger partial charge in [-0.2, -0.15) is 0 Å². The molecule has 176 valence electrons. The first kappa shape index (κ1) is 23.7. The van der Waals surface area contributed by atoms with E-state index in [0.29, 0.717) is 30.0 Å². The van der Waals surface area contributed by atoms with Crippen LogP contribution >= 0.6 is 11.6 Å². The first-order valence-electron chi connectivity index (χ1n) is 11.2. The van der Waals surface area contributed by atoms with E-state index in [2.05, 4.69) is 34.9 Å². The number of piperazine rings is 1. The quantitative estimate of drug-likeness (QED) is 0.483. The number of nitrogens with one attached hydrogen (secondary N) is 2. The monoisotopic (exact) mass is 487 g/mol. The van der Waals surface area contributed by atoms with E-state index in [0.717, 1.165) is 35.7 Å². The molecule has 3 aromatic rings. The van der Waals surface area contributed by atoms with Gasteiger partial charge in [0.25, 0.3) is 10.0 Å². The van der Waals surface area contributed by atoms with Crippen LogP contribution in [0.4, 0.5) is 11.4 Å². The standard InChI is InChI=1S/C25H30ClN3O3S/c1-5-19-7-9-21(29-14-16(2)27-17(3)15-29)13-23(19)28-33(30,31)25-11-8-20(12-22(25)26)24-10-6-18(4)32-24/h6-13,16-17,27-28H,5,14-15H2,1-4H3/t16-,17+. The van der Waals surface area contributed by atoms with E-state index in [9.17, 15) is 8.42 Å². The molecule has 0 unspecified atom stereocenters. The Morgan fingerprint density at radius 2 is 1.82 bits per heavy atom. The topological polar surface area (TPSA) is 74.6 Å². The number of sulfonamides is 1. The van der Waals surface area contributed by atoms with Crippen LogP contribution in [0.2, 0.25) is 5.02 Å².